The molecule has 0 radical (unpaired) electrons. The molecule has 0 aromatic carbocycles. The van der Waals surface area contributed by atoms with Gasteiger partial charge in [0.2, 0.25) is 5.91 Å². The largest absolute Gasteiger partial charge is 0.384 e. The average Bonchev–Trinajstić information content (AvgIpc) is 3.09. The molecule has 1 atom stereocenters. The molecule has 7 nitrogen and oxygen atoms in total. The molecule has 25 heavy (non-hydrogen) atoms. The number of hydrogen-bond donors (Lipinski definition) is 2. The summed E-state index contributed by atoms with van der Waals surface area (Å²) in [5, 5.41) is 11.9. The van der Waals surface area contributed by atoms with Crippen LogP contribution in [0.15, 0.2) is 43.0 Å². The van der Waals surface area contributed by atoms with E-state index in [9.17, 15) is 4.79 Å². The minimum atomic E-state index is -0.427. The van der Waals surface area contributed by atoms with Crippen LogP contribution in [0, 0.1) is 11.3 Å². The van der Waals surface area contributed by atoms with Crippen LogP contribution in [0.4, 0.5) is 10.9 Å². The van der Waals surface area contributed by atoms with Crippen molar-refractivity contribution in [2.24, 2.45) is 0 Å². The minimum absolute atomic E-state index is 0.215. The van der Waals surface area contributed by atoms with Crippen LogP contribution in [0.2, 0.25) is 0 Å². The quantitative estimate of drug-likeness (QED) is 0.747. The lowest BCUT2D eigenvalue weighted by Gasteiger charge is -2.12. The van der Waals surface area contributed by atoms with E-state index in [1.807, 2.05) is 18.2 Å². The summed E-state index contributed by atoms with van der Waals surface area (Å²) in [4.78, 5) is 25.2. The summed E-state index contributed by atoms with van der Waals surface area (Å²) >= 11 is 1.14. The number of nitrogens with one attached hydrogen (secondary N) is 1. The van der Waals surface area contributed by atoms with Gasteiger partial charge in [0, 0.05) is 29.7 Å². The SMILES string of the molecule is CC(C(=O)Nc1ncc(C#N)s1)c1cncc(-c2ccc(N)nc2)c1. The molecule has 0 aliphatic heterocycles. The Morgan fingerprint density at radius 2 is 2.08 bits per heavy atom. The number of anilines is 2. The van der Waals surface area contributed by atoms with Crippen LogP contribution in [-0.2, 0) is 4.79 Å². The highest BCUT2D eigenvalue weighted by atomic mass is 32.1. The highest BCUT2D eigenvalue weighted by molar-refractivity contribution is 7.16. The maximum Gasteiger partial charge on any atom is 0.233 e. The second-order valence-electron chi connectivity index (χ2n) is 5.33. The minimum Gasteiger partial charge on any atom is -0.384 e. The number of nitrogen functional groups attached to an aromatic ring is 1. The smallest absolute Gasteiger partial charge is 0.233 e. The van der Waals surface area contributed by atoms with Crippen LogP contribution in [0.5, 0.6) is 0 Å². The number of amides is 1. The number of nitrogens with two attached hydrogens (primary N) is 1. The maximum atomic E-state index is 12.4. The fraction of sp³-hybridized carbons (Fsp3) is 0.118. The van der Waals surface area contributed by atoms with Gasteiger partial charge in [-0.1, -0.05) is 11.3 Å². The van der Waals surface area contributed by atoms with Crippen molar-refractivity contribution >= 4 is 28.2 Å². The van der Waals surface area contributed by atoms with Gasteiger partial charge in [0.1, 0.15) is 16.8 Å². The molecule has 8 heteroatoms. The summed E-state index contributed by atoms with van der Waals surface area (Å²) in [6.45, 7) is 1.79. The second-order valence-corrected chi connectivity index (χ2v) is 6.36. The maximum absolute atomic E-state index is 12.4. The van der Waals surface area contributed by atoms with Gasteiger partial charge >= 0.3 is 0 Å². The van der Waals surface area contributed by atoms with E-state index >= 15 is 0 Å². The summed E-state index contributed by atoms with van der Waals surface area (Å²) in [5.74, 6) is -0.197. The molecule has 3 aromatic heterocycles. The van der Waals surface area contributed by atoms with Crippen molar-refractivity contribution in [2.75, 3.05) is 11.1 Å². The highest BCUT2D eigenvalue weighted by Crippen LogP contribution is 2.25. The Labute approximate surface area is 148 Å². The van der Waals surface area contributed by atoms with Crippen LogP contribution in [0.25, 0.3) is 11.1 Å². The van der Waals surface area contributed by atoms with Crippen molar-refractivity contribution in [2.45, 2.75) is 12.8 Å². The van der Waals surface area contributed by atoms with Crippen molar-refractivity contribution in [3.05, 3.63) is 53.4 Å². The van der Waals surface area contributed by atoms with Gasteiger partial charge in [0.15, 0.2) is 5.13 Å². The molecule has 3 heterocycles. The number of thiazole rings is 1. The molecule has 3 N–H and O–H groups in total. The van der Waals surface area contributed by atoms with Crippen molar-refractivity contribution < 1.29 is 4.79 Å². The topological polar surface area (TPSA) is 118 Å². The van der Waals surface area contributed by atoms with E-state index in [1.165, 1.54) is 6.20 Å². The zero-order chi connectivity index (χ0) is 17.8. The average molecular weight is 350 g/mol. The third-order valence-electron chi connectivity index (χ3n) is 3.62. The summed E-state index contributed by atoms with van der Waals surface area (Å²) in [6, 6.07) is 7.46. The summed E-state index contributed by atoms with van der Waals surface area (Å²) in [7, 11) is 0. The molecule has 1 unspecified atom stereocenters. The number of aromatic nitrogens is 3. The van der Waals surface area contributed by atoms with E-state index in [0.29, 0.717) is 15.8 Å². The van der Waals surface area contributed by atoms with Crippen LogP contribution in [0.3, 0.4) is 0 Å². The standard InChI is InChI=1S/C17H14N6OS/c1-10(16(24)23-17-22-9-14(5-18)25-17)12-4-13(7-20-6-12)11-2-3-15(19)21-8-11/h2-4,6-10H,1H3,(H2,19,21)(H,22,23,24). The van der Waals surface area contributed by atoms with E-state index in [1.54, 1.807) is 31.6 Å². The Bertz CT molecular complexity index is 944. The molecule has 0 aliphatic rings. The van der Waals surface area contributed by atoms with Crippen LogP contribution >= 0.6 is 11.3 Å². The highest BCUT2D eigenvalue weighted by Gasteiger charge is 2.18. The number of nitrogens with zero attached hydrogens (tertiary/aromatic N) is 4. The van der Waals surface area contributed by atoms with E-state index in [2.05, 4.69) is 20.3 Å². The van der Waals surface area contributed by atoms with Crippen LogP contribution in [0.1, 0.15) is 23.3 Å². The first-order valence-electron chi connectivity index (χ1n) is 7.40. The van der Waals surface area contributed by atoms with Gasteiger partial charge in [0.05, 0.1) is 12.1 Å². The van der Waals surface area contributed by atoms with Crippen molar-refractivity contribution in [3.8, 4) is 17.2 Å². The molecule has 0 spiro atoms. The van der Waals surface area contributed by atoms with Gasteiger partial charge in [-0.15, -0.1) is 0 Å². The summed E-state index contributed by atoms with van der Waals surface area (Å²) in [6.07, 6.45) is 6.46. The summed E-state index contributed by atoms with van der Waals surface area (Å²) < 4.78 is 0. The predicted octanol–water partition coefficient (Wildman–Crippen LogP) is 2.80. The molecule has 0 aliphatic carbocycles. The van der Waals surface area contributed by atoms with Gasteiger partial charge in [-0.3, -0.25) is 9.78 Å². The third kappa shape index (κ3) is 3.79. The van der Waals surface area contributed by atoms with E-state index < -0.39 is 5.92 Å². The Kier molecular flexibility index (Phi) is 4.68. The third-order valence-corrected chi connectivity index (χ3v) is 4.44. The number of hydrogen-bond acceptors (Lipinski definition) is 7. The lowest BCUT2D eigenvalue weighted by molar-refractivity contribution is -0.117. The van der Waals surface area contributed by atoms with E-state index in [0.717, 1.165) is 28.0 Å². The van der Waals surface area contributed by atoms with Gasteiger partial charge in [-0.05, 0) is 30.7 Å². The van der Waals surface area contributed by atoms with Gasteiger partial charge in [0.25, 0.3) is 0 Å². The molecule has 0 fully saturated rings. The predicted molar refractivity (Wildman–Crippen MR) is 95.8 cm³/mol. The summed E-state index contributed by atoms with van der Waals surface area (Å²) in [5.41, 5.74) is 8.09. The molecule has 124 valence electrons. The fourth-order valence-corrected chi connectivity index (χ4v) is 2.79. The number of carbonyl (C=O) groups excluding carboxylic acids is 1. The number of nitriles is 1. The lowest BCUT2D eigenvalue weighted by atomic mass is 9.99. The first-order valence-corrected chi connectivity index (χ1v) is 8.22. The van der Waals surface area contributed by atoms with Gasteiger partial charge in [-0.25, -0.2) is 9.97 Å². The number of carbonyl (C=O) groups is 1. The van der Waals surface area contributed by atoms with E-state index in [4.69, 9.17) is 11.0 Å². The van der Waals surface area contributed by atoms with Gasteiger partial charge in [-0.2, -0.15) is 5.26 Å². The Hall–Kier alpha value is -3.31. The molecule has 1 amide bonds. The molecule has 3 rings (SSSR count). The van der Waals surface area contributed by atoms with Crippen LogP contribution < -0.4 is 11.1 Å². The Morgan fingerprint density at radius 3 is 2.76 bits per heavy atom. The molecular weight excluding hydrogens is 336 g/mol. The molecule has 0 saturated heterocycles. The molecule has 3 aromatic rings. The second kappa shape index (κ2) is 7.07. The van der Waals surface area contributed by atoms with E-state index in [-0.39, 0.29) is 5.91 Å². The Morgan fingerprint density at radius 1 is 1.24 bits per heavy atom. The Balaban J connectivity index is 1.78. The first kappa shape index (κ1) is 16.5. The molecular formula is C17H14N6OS. The lowest BCUT2D eigenvalue weighted by Crippen LogP contribution is -2.18. The molecule has 0 bridgehead atoms. The van der Waals surface area contributed by atoms with Gasteiger partial charge < -0.3 is 11.1 Å². The normalized spacial score (nSPS) is 11.5. The van der Waals surface area contributed by atoms with Crippen molar-refractivity contribution in [1.82, 2.24) is 15.0 Å². The number of pyridine rings is 2. The van der Waals surface area contributed by atoms with Crippen LogP contribution in [-0.4, -0.2) is 20.9 Å². The molecule has 0 saturated carbocycles. The first-order chi connectivity index (χ1) is 12.1. The fourth-order valence-electron chi connectivity index (χ4n) is 2.18. The zero-order valence-corrected chi connectivity index (χ0v) is 14.1. The zero-order valence-electron chi connectivity index (χ0n) is 13.3. The van der Waals surface area contributed by atoms with Crippen molar-refractivity contribution in [1.29, 1.82) is 5.26 Å². The number of rotatable bonds is 4. The van der Waals surface area contributed by atoms with Crippen molar-refractivity contribution in [3.63, 3.8) is 0 Å². The monoisotopic (exact) mass is 350 g/mol.